The Kier molecular flexibility index (Phi) is 3.14. The largest absolute Gasteiger partial charge is 0.455 e. The molecule has 0 N–H and O–H groups in total. The molecule has 0 radical (unpaired) electrons. The standard InChI is InChI=1S/C21H17N2O/c1-13-7-8-18-16(10-13)20-19(17-6-4-5-9-23(17)3)14(2)11-15(12-22)21(20)24-18/h4-11H,1-3H3/q+1. The van der Waals surface area contributed by atoms with E-state index in [4.69, 9.17) is 4.42 Å². The maximum Gasteiger partial charge on any atom is 0.213 e. The lowest BCUT2D eigenvalue weighted by atomic mass is 9.95. The molecule has 4 aromatic rings. The Morgan fingerprint density at radius 3 is 2.67 bits per heavy atom. The second-order valence-electron chi connectivity index (χ2n) is 6.23. The lowest BCUT2D eigenvalue weighted by molar-refractivity contribution is -0.660. The van der Waals surface area contributed by atoms with Crippen LogP contribution in [0.5, 0.6) is 0 Å². The summed E-state index contributed by atoms with van der Waals surface area (Å²) < 4.78 is 8.15. The van der Waals surface area contributed by atoms with Gasteiger partial charge in [-0.1, -0.05) is 11.6 Å². The van der Waals surface area contributed by atoms with Crippen LogP contribution >= 0.6 is 0 Å². The molecule has 0 aliphatic heterocycles. The fourth-order valence-corrected chi connectivity index (χ4v) is 3.40. The van der Waals surface area contributed by atoms with Gasteiger partial charge in [-0.05, 0) is 43.7 Å². The number of fused-ring (bicyclic) bond motifs is 3. The van der Waals surface area contributed by atoms with E-state index in [0.717, 1.165) is 33.2 Å². The first-order valence-electron chi connectivity index (χ1n) is 7.91. The van der Waals surface area contributed by atoms with Gasteiger partial charge in [-0.15, -0.1) is 0 Å². The van der Waals surface area contributed by atoms with Gasteiger partial charge in [0.1, 0.15) is 18.7 Å². The minimum absolute atomic E-state index is 0.582. The van der Waals surface area contributed by atoms with E-state index in [-0.39, 0.29) is 0 Å². The number of aryl methyl sites for hydroxylation is 3. The zero-order valence-electron chi connectivity index (χ0n) is 13.9. The van der Waals surface area contributed by atoms with Crippen LogP contribution in [-0.4, -0.2) is 0 Å². The molecule has 3 nitrogen and oxygen atoms in total. The number of nitrogens with zero attached hydrogens (tertiary/aromatic N) is 2. The first-order chi connectivity index (χ1) is 11.6. The lowest BCUT2D eigenvalue weighted by Gasteiger charge is -2.07. The predicted molar refractivity (Wildman–Crippen MR) is 94.5 cm³/mol. The molecule has 0 aliphatic carbocycles. The molecule has 0 fully saturated rings. The Morgan fingerprint density at radius 1 is 1.08 bits per heavy atom. The van der Waals surface area contributed by atoms with Crippen LogP contribution < -0.4 is 4.57 Å². The van der Waals surface area contributed by atoms with Gasteiger partial charge >= 0.3 is 0 Å². The maximum absolute atomic E-state index is 9.54. The topological polar surface area (TPSA) is 40.8 Å². The number of nitriles is 1. The minimum Gasteiger partial charge on any atom is -0.455 e. The summed E-state index contributed by atoms with van der Waals surface area (Å²) in [6, 6.07) is 16.5. The van der Waals surface area contributed by atoms with Gasteiger partial charge in [-0.25, -0.2) is 4.57 Å². The van der Waals surface area contributed by atoms with Crippen molar-refractivity contribution < 1.29 is 8.98 Å². The quantitative estimate of drug-likeness (QED) is 0.483. The molecular weight excluding hydrogens is 296 g/mol. The number of rotatable bonds is 1. The van der Waals surface area contributed by atoms with Gasteiger partial charge in [-0.3, -0.25) is 0 Å². The van der Waals surface area contributed by atoms with E-state index in [1.165, 1.54) is 5.56 Å². The number of hydrogen-bond donors (Lipinski definition) is 0. The Balaban J connectivity index is 2.27. The molecule has 116 valence electrons. The molecule has 4 rings (SSSR count). The van der Waals surface area contributed by atoms with E-state index >= 15 is 0 Å². The van der Waals surface area contributed by atoms with Crippen LogP contribution in [-0.2, 0) is 7.05 Å². The van der Waals surface area contributed by atoms with Crippen LogP contribution in [0.3, 0.4) is 0 Å². The first kappa shape index (κ1) is 14.5. The molecule has 0 spiro atoms. The van der Waals surface area contributed by atoms with E-state index in [9.17, 15) is 5.26 Å². The van der Waals surface area contributed by atoms with Crippen LogP contribution in [0.2, 0.25) is 0 Å². The monoisotopic (exact) mass is 313 g/mol. The summed E-state index contributed by atoms with van der Waals surface area (Å²) in [5, 5.41) is 11.6. The van der Waals surface area contributed by atoms with Gasteiger partial charge in [-0.2, -0.15) is 5.26 Å². The van der Waals surface area contributed by atoms with Gasteiger partial charge in [0.2, 0.25) is 5.69 Å². The van der Waals surface area contributed by atoms with Crippen LogP contribution in [0, 0.1) is 25.2 Å². The van der Waals surface area contributed by atoms with Gasteiger partial charge in [0.25, 0.3) is 0 Å². The Morgan fingerprint density at radius 2 is 1.92 bits per heavy atom. The average Bonchev–Trinajstić information content (AvgIpc) is 2.94. The Labute approximate surface area is 140 Å². The second kappa shape index (κ2) is 5.21. The van der Waals surface area contributed by atoms with Crippen molar-refractivity contribution in [3.63, 3.8) is 0 Å². The molecule has 2 aromatic heterocycles. The summed E-state index contributed by atoms with van der Waals surface area (Å²) >= 11 is 0. The molecule has 3 heteroatoms. The van der Waals surface area contributed by atoms with Crippen molar-refractivity contribution in [2.45, 2.75) is 13.8 Å². The Bertz CT molecular complexity index is 1150. The fourth-order valence-electron chi connectivity index (χ4n) is 3.40. The molecule has 0 aliphatic rings. The zero-order chi connectivity index (χ0) is 16.8. The molecule has 0 bridgehead atoms. The molecule has 0 saturated heterocycles. The average molecular weight is 313 g/mol. The van der Waals surface area contributed by atoms with Crippen LogP contribution in [0.15, 0.2) is 53.1 Å². The molecule has 2 heterocycles. The third kappa shape index (κ3) is 2.00. The smallest absolute Gasteiger partial charge is 0.213 e. The van der Waals surface area contributed by atoms with E-state index in [1.807, 2.05) is 43.6 Å². The fraction of sp³-hybridized carbons (Fsp3) is 0.143. The summed E-state index contributed by atoms with van der Waals surface area (Å²) in [5.74, 6) is 0. The molecular formula is C21H17N2O+. The van der Waals surface area contributed by atoms with Gasteiger partial charge in [0.05, 0.1) is 11.1 Å². The molecule has 24 heavy (non-hydrogen) atoms. The summed E-state index contributed by atoms with van der Waals surface area (Å²) in [6.45, 7) is 4.12. The third-order valence-corrected chi connectivity index (χ3v) is 4.52. The van der Waals surface area contributed by atoms with E-state index < -0.39 is 0 Å². The summed E-state index contributed by atoms with van der Waals surface area (Å²) in [4.78, 5) is 0. The normalized spacial score (nSPS) is 11.1. The van der Waals surface area contributed by atoms with Crippen LogP contribution in [0.4, 0.5) is 0 Å². The number of aromatic nitrogens is 1. The molecule has 2 aromatic carbocycles. The van der Waals surface area contributed by atoms with Crippen molar-refractivity contribution >= 4 is 21.9 Å². The van der Waals surface area contributed by atoms with Crippen LogP contribution in [0.1, 0.15) is 16.7 Å². The van der Waals surface area contributed by atoms with E-state index in [0.29, 0.717) is 11.1 Å². The van der Waals surface area contributed by atoms with Crippen molar-refractivity contribution in [2.75, 3.05) is 0 Å². The van der Waals surface area contributed by atoms with Crippen molar-refractivity contribution in [1.29, 1.82) is 5.26 Å². The van der Waals surface area contributed by atoms with Crippen molar-refractivity contribution in [3.05, 3.63) is 65.4 Å². The number of pyridine rings is 1. The van der Waals surface area contributed by atoms with Crippen LogP contribution in [0.25, 0.3) is 33.2 Å². The van der Waals surface area contributed by atoms with E-state index in [1.54, 1.807) is 0 Å². The highest BCUT2D eigenvalue weighted by molar-refractivity contribution is 6.14. The Hall–Kier alpha value is -3.12. The van der Waals surface area contributed by atoms with Crippen molar-refractivity contribution in [2.24, 2.45) is 7.05 Å². The van der Waals surface area contributed by atoms with Gasteiger partial charge in [0.15, 0.2) is 11.8 Å². The SMILES string of the molecule is Cc1ccc2oc3c(C#N)cc(C)c(-c4cccc[n+]4C)c3c2c1. The number of hydrogen-bond acceptors (Lipinski definition) is 2. The number of furan rings is 1. The van der Waals surface area contributed by atoms with Crippen molar-refractivity contribution in [3.8, 4) is 17.3 Å². The van der Waals surface area contributed by atoms with Gasteiger partial charge in [0, 0.05) is 22.9 Å². The summed E-state index contributed by atoms with van der Waals surface area (Å²) in [5.41, 5.74) is 6.54. The predicted octanol–water partition coefficient (Wildman–Crippen LogP) is 4.57. The third-order valence-electron chi connectivity index (χ3n) is 4.52. The molecule has 0 amide bonds. The highest BCUT2D eigenvalue weighted by Crippen LogP contribution is 2.39. The molecule has 0 atom stereocenters. The lowest BCUT2D eigenvalue weighted by Crippen LogP contribution is -2.30. The first-order valence-corrected chi connectivity index (χ1v) is 7.91. The van der Waals surface area contributed by atoms with E-state index in [2.05, 4.69) is 36.6 Å². The highest BCUT2D eigenvalue weighted by atomic mass is 16.3. The molecule has 0 unspecified atom stereocenters. The maximum atomic E-state index is 9.54. The van der Waals surface area contributed by atoms with Crippen molar-refractivity contribution in [1.82, 2.24) is 0 Å². The highest BCUT2D eigenvalue weighted by Gasteiger charge is 2.22. The summed E-state index contributed by atoms with van der Waals surface area (Å²) in [7, 11) is 2.03. The van der Waals surface area contributed by atoms with Gasteiger partial charge < -0.3 is 4.42 Å². The second-order valence-corrected chi connectivity index (χ2v) is 6.23. The summed E-state index contributed by atoms with van der Waals surface area (Å²) in [6.07, 6.45) is 2.03. The zero-order valence-corrected chi connectivity index (χ0v) is 13.9. The minimum atomic E-state index is 0.582. The molecule has 0 saturated carbocycles. The number of benzene rings is 2.